The number of nitrogens with zero attached hydrogens (tertiary/aromatic N) is 1. The zero-order valence-electron chi connectivity index (χ0n) is 11.7. The first-order valence-corrected chi connectivity index (χ1v) is 8.00. The molecule has 0 aromatic heterocycles. The molecular weight excluding hydrogens is 294 g/mol. The number of amides is 1. The van der Waals surface area contributed by atoms with Gasteiger partial charge in [-0.25, -0.2) is 4.79 Å². The fourth-order valence-electron chi connectivity index (χ4n) is 3.25. The van der Waals surface area contributed by atoms with Gasteiger partial charge in [-0.15, -0.1) is 0 Å². The van der Waals surface area contributed by atoms with Crippen LogP contribution >= 0.6 is 15.9 Å². The molecule has 1 heterocycles. The molecule has 1 saturated heterocycles. The first-order chi connectivity index (χ1) is 8.34. The minimum absolute atomic E-state index is 0.137. The highest BCUT2D eigenvalue weighted by Crippen LogP contribution is 2.48. The summed E-state index contributed by atoms with van der Waals surface area (Å²) in [6, 6.07) is 0. The van der Waals surface area contributed by atoms with Gasteiger partial charge in [0.05, 0.1) is 0 Å². The van der Waals surface area contributed by atoms with Crippen LogP contribution in [-0.4, -0.2) is 35.0 Å². The first-order valence-electron chi connectivity index (χ1n) is 6.87. The van der Waals surface area contributed by atoms with Crippen molar-refractivity contribution in [2.45, 2.75) is 52.1 Å². The molecule has 1 aliphatic heterocycles. The van der Waals surface area contributed by atoms with E-state index < -0.39 is 0 Å². The Kier molecular flexibility index (Phi) is 3.96. The predicted octanol–water partition coefficient (Wildman–Crippen LogP) is 3.81. The number of carbonyl (C=O) groups excluding carboxylic acids is 1. The molecule has 18 heavy (non-hydrogen) atoms. The Labute approximate surface area is 118 Å². The molecule has 0 aromatic carbocycles. The van der Waals surface area contributed by atoms with Gasteiger partial charge < -0.3 is 9.64 Å². The number of likely N-dealkylation sites (tertiary alicyclic amines) is 1. The number of rotatable bonds is 1. The van der Waals surface area contributed by atoms with Crippen LogP contribution in [0.5, 0.6) is 0 Å². The summed E-state index contributed by atoms with van der Waals surface area (Å²) in [7, 11) is 0. The average molecular weight is 318 g/mol. The van der Waals surface area contributed by atoms with Crippen molar-refractivity contribution in [3.05, 3.63) is 0 Å². The van der Waals surface area contributed by atoms with Gasteiger partial charge in [0.1, 0.15) is 5.60 Å². The summed E-state index contributed by atoms with van der Waals surface area (Å²) in [5.74, 6) is 0.795. The minimum Gasteiger partial charge on any atom is -0.444 e. The highest BCUT2D eigenvalue weighted by molar-refractivity contribution is 9.09. The number of alkyl halides is 1. The van der Waals surface area contributed by atoms with Crippen LogP contribution in [0.4, 0.5) is 4.79 Å². The van der Waals surface area contributed by atoms with Gasteiger partial charge >= 0.3 is 6.09 Å². The summed E-state index contributed by atoms with van der Waals surface area (Å²) in [6.07, 6.45) is 4.84. The van der Waals surface area contributed by atoms with Gasteiger partial charge in [0.15, 0.2) is 0 Å². The molecule has 1 aliphatic carbocycles. The lowest BCUT2D eigenvalue weighted by Gasteiger charge is -2.27. The lowest BCUT2D eigenvalue weighted by Crippen LogP contribution is -2.36. The molecule has 0 radical (unpaired) electrons. The Bertz CT molecular complexity index is 326. The van der Waals surface area contributed by atoms with E-state index in [0.717, 1.165) is 30.8 Å². The van der Waals surface area contributed by atoms with Gasteiger partial charge in [0.25, 0.3) is 0 Å². The van der Waals surface area contributed by atoms with E-state index in [2.05, 4.69) is 15.9 Å². The summed E-state index contributed by atoms with van der Waals surface area (Å²) >= 11 is 3.59. The quantitative estimate of drug-likeness (QED) is 0.688. The van der Waals surface area contributed by atoms with E-state index in [1.165, 1.54) is 19.3 Å². The number of hydrogen-bond acceptors (Lipinski definition) is 2. The fraction of sp³-hybridized carbons (Fsp3) is 0.929. The third-order valence-corrected chi connectivity index (χ3v) is 5.03. The average Bonchev–Trinajstić information content (AvgIpc) is 2.84. The monoisotopic (exact) mass is 317 g/mol. The summed E-state index contributed by atoms with van der Waals surface area (Å²) in [4.78, 5) is 14.0. The number of carbonyl (C=O) groups is 1. The van der Waals surface area contributed by atoms with E-state index in [1.807, 2.05) is 25.7 Å². The van der Waals surface area contributed by atoms with Gasteiger partial charge in [-0.05, 0) is 57.8 Å². The molecule has 2 aliphatic rings. The van der Waals surface area contributed by atoms with Gasteiger partial charge in [0.2, 0.25) is 0 Å². The fourth-order valence-corrected chi connectivity index (χ4v) is 3.80. The predicted molar refractivity (Wildman–Crippen MR) is 76.0 cm³/mol. The van der Waals surface area contributed by atoms with Crippen LogP contribution in [0, 0.1) is 11.3 Å². The van der Waals surface area contributed by atoms with E-state index in [0.29, 0.717) is 5.41 Å². The van der Waals surface area contributed by atoms with Gasteiger partial charge in [0, 0.05) is 18.4 Å². The zero-order valence-corrected chi connectivity index (χ0v) is 13.3. The van der Waals surface area contributed by atoms with Gasteiger partial charge in [-0.1, -0.05) is 15.9 Å². The third-order valence-electron chi connectivity index (χ3n) is 4.11. The molecule has 2 rings (SSSR count). The van der Waals surface area contributed by atoms with Crippen LogP contribution in [0.2, 0.25) is 0 Å². The molecule has 2 fully saturated rings. The van der Waals surface area contributed by atoms with Crippen molar-refractivity contribution in [2.75, 3.05) is 18.4 Å². The van der Waals surface area contributed by atoms with E-state index in [1.54, 1.807) is 0 Å². The standard InChI is InChI=1S/C14H24BrNO2/c1-13(2,3)18-12(17)16-7-6-14(10-16)5-4-11(8-14)9-15/h11H,4-10H2,1-3H3/t11-,14-/m1/s1. The molecular formula is C14H24BrNO2. The normalized spacial score (nSPS) is 32.2. The Morgan fingerprint density at radius 2 is 2.17 bits per heavy atom. The second kappa shape index (κ2) is 5.03. The molecule has 1 amide bonds. The van der Waals surface area contributed by atoms with Crippen molar-refractivity contribution in [3.8, 4) is 0 Å². The molecule has 104 valence electrons. The molecule has 0 unspecified atom stereocenters. The van der Waals surface area contributed by atoms with E-state index in [9.17, 15) is 4.79 Å². The molecule has 0 bridgehead atoms. The molecule has 1 spiro atoms. The SMILES string of the molecule is CC(C)(C)OC(=O)N1CC[C@@]2(CC[C@@H](CBr)C2)C1. The van der Waals surface area contributed by atoms with Crippen molar-refractivity contribution in [3.63, 3.8) is 0 Å². The van der Waals surface area contributed by atoms with Crippen molar-refractivity contribution in [1.82, 2.24) is 4.90 Å². The topological polar surface area (TPSA) is 29.5 Å². The highest BCUT2D eigenvalue weighted by Gasteiger charge is 2.45. The second-order valence-electron chi connectivity index (χ2n) is 6.92. The Morgan fingerprint density at radius 1 is 1.44 bits per heavy atom. The summed E-state index contributed by atoms with van der Waals surface area (Å²) in [5, 5.41) is 1.10. The van der Waals surface area contributed by atoms with Crippen molar-refractivity contribution in [2.24, 2.45) is 11.3 Å². The maximum absolute atomic E-state index is 12.0. The van der Waals surface area contributed by atoms with Gasteiger partial charge in [-0.3, -0.25) is 0 Å². The summed E-state index contributed by atoms with van der Waals surface area (Å²) in [5.41, 5.74) is -0.00372. The molecule has 0 N–H and O–H groups in total. The van der Waals surface area contributed by atoms with Crippen LogP contribution in [0.3, 0.4) is 0 Å². The molecule has 0 aromatic rings. The van der Waals surface area contributed by atoms with Crippen molar-refractivity contribution < 1.29 is 9.53 Å². The Morgan fingerprint density at radius 3 is 2.72 bits per heavy atom. The molecule has 3 nitrogen and oxygen atoms in total. The molecule has 1 saturated carbocycles. The van der Waals surface area contributed by atoms with Gasteiger partial charge in [-0.2, -0.15) is 0 Å². The second-order valence-corrected chi connectivity index (χ2v) is 7.56. The van der Waals surface area contributed by atoms with E-state index in [-0.39, 0.29) is 11.7 Å². The highest BCUT2D eigenvalue weighted by atomic mass is 79.9. The largest absolute Gasteiger partial charge is 0.444 e. The maximum Gasteiger partial charge on any atom is 0.410 e. The van der Waals surface area contributed by atoms with Crippen LogP contribution in [-0.2, 0) is 4.74 Å². The number of ether oxygens (including phenoxy) is 1. The van der Waals surface area contributed by atoms with E-state index >= 15 is 0 Å². The maximum atomic E-state index is 12.0. The Balaban J connectivity index is 1.91. The molecule has 2 atom stereocenters. The summed E-state index contributed by atoms with van der Waals surface area (Å²) in [6.45, 7) is 7.53. The lowest BCUT2D eigenvalue weighted by atomic mass is 9.85. The van der Waals surface area contributed by atoms with Crippen LogP contribution < -0.4 is 0 Å². The first kappa shape index (κ1) is 14.2. The van der Waals surface area contributed by atoms with Crippen LogP contribution in [0.1, 0.15) is 46.5 Å². The zero-order chi connectivity index (χ0) is 13.4. The van der Waals surface area contributed by atoms with Crippen molar-refractivity contribution in [1.29, 1.82) is 0 Å². The Hall–Kier alpha value is -0.250. The van der Waals surface area contributed by atoms with Crippen molar-refractivity contribution >= 4 is 22.0 Å². The van der Waals surface area contributed by atoms with Crippen LogP contribution in [0.25, 0.3) is 0 Å². The number of hydrogen-bond donors (Lipinski definition) is 0. The van der Waals surface area contributed by atoms with Crippen LogP contribution in [0.15, 0.2) is 0 Å². The summed E-state index contributed by atoms with van der Waals surface area (Å²) < 4.78 is 5.46. The smallest absolute Gasteiger partial charge is 0.410 e. The van der Waals surface area contributed by atoms with E-state index in [4.69, 9.17) is 4.74 Å². The minimum atomic E-state index is -0.388. The third kappa shape index (κ3) is 3.19. The lowest BCUT2D eigenvalue weighted by molar-refractivity contribution is 0.0273. The molecule has 4 heteroatoms. The number of halogens is 1.